The van der Waals surface area contributed by atoms with Gasteiger partial charge >= 0.3 is 5.97 Å². The Labute approximate surface area is 96.0 Å². The summed E-state index contributed by atoms with van der Waals surface area (Å²) >= 11 is 0. The first-order chi connectivity index (χ1) is 7.74. The highest BCUT2D eigenvalue weighted by Crippen LogP contribution is 2.28. The number of hydrogen-bond acceptors (Lipinski definition) is 3. The van der Waals surface area contributed by atoms with E-state index in [1.807, 2.05) is 25.1 Å². The zero-order valence-electron chi connectivity index (χ0n) is 9.82. The van der Waals surface area contributed by atoms with Gasteiger partial charge in [-0.05, 0) is 31.4 Å². The molecule has 0 radical (unpaired) electrons. The minimum absolute atomic E-state index is 0.245. The molecule has 1 aliphatic rings. The Hall–Kier alpha value is -1.51. The van der Waals surface area contributed by atoms with E-state index < -0.39 is 0 Å². The van der Waals surface area contributed by atoms with Gasteiger partial charge in [0.25, 0.3) is 0 Å². The third-order valence-electron chi connectivity index (χ3n) is 3.07. The molecule has 0 amide bonds. The first-order valence-electron chi connectivity index (χ1n) is 5.67. The molecule has 16 heavy (non-hydrogen) atoms. The van der Waals surface area contributed by atoms with Gasteiger partial charge < -0.3 is 9.64 Å². The molecule has 86 valence electrons. The van der Waals surface area contributed by atoms with Gasteiger partial charge in [-0.2, -0.15) is 0 Å². The number of methoxy groups -OCH3 is 1. The number of esters is 1. The smallest absolute Gasteiger partial charge is 0.339 e. The van der Waals surface area contributed by atoms with Gasteiger partial charge in [0.1, 0.15) is 0 Å². The normalized spacial score (nSPS) is 15.2. The Kier molecular flexibility index (Phi) is 3.13. The number of carbonyl (C=O) groups is 1. The van der Waals surface area contributed by atoms with E-state index in [0.717, 1.165) is 24.3 Å². The van der Waals surface area contributed by atoms with Crippen molar-refractivity contribution in [2.45, 2.75) is 19.8 Å². The summed E-state index contributed by atoms with van der Waals surface area (Å²) in [5, 5.41) is 0. The van der Waals surface area contributed by atoms with Crippen LogP contribution in [0.2, 0.25) is 0 Å². The van der Waals surface area contributed by atoms with Crippen molar-refractivity contribution < 1.29 is 9.53 Å². The summed E-state index contributed by atoms with van der Waals surface area (Å²) in [6.07, 6.45) is 2.41. The minimum atomic E-state index is -0.245. The lowest BCUT2D eigenvalue weighted by Gasteiger charge is -2.22. The van der Waals surface area contributed by atoms with E-state index in [-0.39, 0.29) is 5.97 Å². The highest BCUT2D eigenvalue weighted by atomic mass is 16.5. The number of ether oxygens (including phenoxy) is 1. The largest absolute Gasteiger partial charge is 0.465 e. The fourth-order valence-electron chi connectivity index (χ4n) is 2.29. The number of carbonyl (C=O) groups excluding carboxylic acids is 1. The maximum absolute atomic E-state index is 11.7. The second-order valence-corrected chi connectivity index (χ2v) is 4.16. The van der Waals surface area contributed by atoms with Crippen LogP contribution < -0.4 is 4.90 Å². The molecule has 0 bridgehead atoms. The molecule has 0 atom stereocenters. The lowest BCUT2D eigenvalue weighted by Crippen LogP contribution is -2.22. The van der Waals surface area contributed by atoms with E-state index in [1.54, 1.807) is 0 Å². The molecule has 0 N–H and O–H groups in total. The van der Waals surface area contributed by atoms with Crippen LogP contribution in [-0.2, 0) is 4.74 Å². The number of hydrogen-bond donors (Lipinski definition) is 0. The SMILES string of the molecule is COC(=O)c1cccc(C)c1N1CCCC1. The number of nitrogens with zero attached hydrogens (tertiary/aromatic N) is 1. The standard InChI is InChI=1S/C13H17NO2/c1-10-6-5-7-11(13(15)16-2)12(10)14-8-3-4-9-14/h5-7H,3-4,8-9H2,1-2H3. The molecule has 3 heteroatoms. The fourth-order valence-corrected chi connectivity index (χ4v) is 2.29. The molecule has 1 fully saturated rings. The van der Waals surface area contributed by atoms with Crippen LogP contribution in [0.15, 0.2) is 18.2 Å². The first kappa shape index (κ1) is 11.0. The van der Waals surface area contributed by atoms with Crippen LogP contribution in [0, 0.1) is 6.92 Å². The van der Waals surface area contributed by atoms with Gasteiger partial charge in [0.05, 0.1) is 18.4 Å². The van der Waals surface area contributed by atoms with E-state index in [9.17, 15) is 4.79 Å². The monoisotopic (exact) mass is 219 g/mol. The van der Waals surface area contributed by atoms with Crippen molar-refractivity contribution >= 4 is 11.7 Å². The molecule has 1 aliphatic heterocycles. The molecule has 2 rings (SSSR count). The Morgan fingerprint density at radius 1 is 1.31 bits per heavy atom. The molecule has 0 saturated carbocycles. The van der Waals surface area contributed by atoms with Gasteiger partial charge in [-0.1, -0.05) is 12.1 Å². The predicted octanol–water partition coefficient (Wildman–Crippen LogP) is 2.38. The summed E-state index contributed by atoms with van der Waals surface area (Å²) in [5.41, 5.74) is 2.88. The number of aryl methyl sites for hydroxylation is 1. The number of benzene rings is 1. The average Bonchev–Trinajstić information content (AvgIpc) is 2.81. The summed E-state index contributed by atoms with van der Waals surface area (Å²) in [6, 6.07) is 5.79. The van der Waals surface area contributed by atoms with Crippen LogP contribution >= 0.6 is 0 Å². The molecule has 3 nitrogen and oxygen atoms in total. The van der Waals surface area contributed by atoms with Gasteiger partial charge in [-0.15, -0.1) is 0 Å². The lowest BCUT2D eigenvalue weighted by atomic mass is 10.1. The molecule has 0 spiro atoms. The van der Waals surface area contributed by atoms with Crippen LogP contribution in [0.25, 0.3) is 0 Å². The average molecular weight is 219 g/mol. The zero-order chi connectivity index (χ0) is 11.5. The van der Waals surface area contributed by atoms with E-state index in [1.165, 1.54) is 20.0 Å². The fraction of sp³-hybridized carbons (Fsp3) is 0.462. The Balaban J connectivity index is 2.43. The van der Waals surface area contributed by atoms with Crippen LogP contribution in [-0.4, -0.2) is 26.2 Å². The number of para-hydroxylation sites is 1. The molecule has 1 heterocycles. The second-order valence-electron chi connectivity index (χ2n) is 4.16. The van der Waals surface area contributed by atoms with Gasteiger partial charge in [0.15, 0.2) is 0 Å². The second kappa shape index (κ2) is 4.56. The highest BCUT2D eigenvalue weighted by molar-refractivity contribution is 5.96. The van der Waals surface area contributed by atoms with Crippen molar-refractivity contribution in [3.8, 4) is 0 Å². The summed E-state index contributed by atoms with van der Waals surface area (Å²) in [5.74, 6) is -0.245. The summed E-state index contributed by atoms with van der Waals surface area (Å²) in [7, 11) is 1.43. The first-order valence-corrected chi connectivity index (χ1v) is 5.67. The van der Waals surface area contributed by atoms with E-state index in [0.29, 0.717) is 5.56 Å². The molecular formula is C13H17NO2. The Bertz CT molecular complexity index is 395. The molecular weight excluding hydrogens is 202 g/mol. The maximum atomic E-state index is 11.7. The van der Waals surface area contributed by atoms with E-state index in [2.05, 4.69) is 4.90 Å². The van der Waals surface area contributed by atoms with Crippen molar-refractivity contribution in [2.24, 2.45) is 0 Å². The molecule has 0 unspecified atom stereocenters. The van der Waals surface area contributed by atoms with Gasteiger partial charge in [-0.25, -0.2) is 4.79 Å². The minimum Gasteiger partial charge on any atom is -0.465 e. The van der Waals surface area contributed by atoms with E-state index >= 15 is 0 Å². The predicted molar refractivity (Wildman–Crippen MR) is 64.0 cm³/mol. The van der Waals surface area contributed by atoms with Gasteiger partial charge in [-0.3, -0.25) is 0 Å². The molecule has 1 aromatic carbocycles. The summed E-state index contributed by atoms with van der Waals surface area (Å²) in [4.78, 5) is 14.0. The molecule has 0 aromatic heterocycles. The van der Waals surface area contributed by atoms with E-state index in [4.69, 9.17) is 4.74 Å². The van der Waals surface area contributed by atoms with Crippen molar-refractivity contribution in [1.82, 2.24) is 0 Å². The van der Waals surface area contributed by atoms with Crippen LogP contribution in [0.1, 0.15) is 28.8 Å². The third kappa shape index (κ3) is 1.90. The Morgan fingerprint density at radius 3 is 2.62 bits per heavy atom. The van der Waals surface area contributed by atoms with Gasteiger partial charge in [0, 0.05) is 13.1 Å². The maximum Gasteiger partial charge on any atom is 0.339 e. The third-order valence-corrected chi connectivity index (χ3v) is 3.07. The van der Waals surface area contributed by atoms with Gasteiger partial charge in [0.2, 0.25) is 0 Å². The van der Waals surface area contributed by atoms with Crippen molar-refractivity contribution in [3.05, 3.63) is 29.3 Å². The van der Waals surface area contributed by atoms with Crippen molar-refractivity contribution in [1.29, 1.82) is 0 Å². The number of anilines is 1. The Morgan fingerprint density at radius 2 is 2.00 bits per heavy atom. The lowest BCUT2D eigenvalue weighted by molar-refractivity contribution is 0.0601. The quantitative estimate of drug-likeness (QED) is 0.715. The number of rotatable bonds is 2. The molecule has 0 aliphatic carbocycles. The molecule has 1 aromatic rings. The zero-order valence-corrected chi connectivity index (χ0v) is 9.82. The van der Waals surface area contributed by atoms with Crippen LogP contribution in [0.5, 0.6) is 0 Å². The molecule has 1 saturated heterocycles. The summed E-state index contributed by atoms with van der Waals surface area (Å²) < 4.78 is 4.83. The van der Waals surface area contributed by atoms with Crippen LogP contribution in [0.3, 0.4) is 0 Å². The van der Waals surface area contributed by atoms with Crippen molar-refractivity contribution in [3.63, 3.8) is 0 Å². The topological polar surface area (TPSA) is 29.5 Å². The summed E-state index contributed by atoms with van der Waals surface area (Å²) in [6.45, 7) is 4.11. The highest BCUT2D eigenvalue weighted by Gasteiger charge is 2.21. The van der Waals surface area contributed by atoms with Crippen LogP contribution in [0.4, 0.5) is 5.69 Å². The van der Waals surface area contributed by atoms with Crippen molar-refractivity contribution in [2.75, 3.05) is 25.1 Å².